The van der Waals surface area contributed by atoms with Crippen LogP contribution in [0.2, 0.25) is 5.02 Å². The average Bonchev–Trinajstić information content (AvgIpc) is 3.15. The van der Waals surface area contributed by atoms with Gasteiger partial charge in [0.25, 0.3) is 0 Å². The Hall–Kier alpha value is -1.27. The van der Waals surface area contributed by atoms with Crippen LogP contribution in [0.1, 0.15) is 24.0 Å². The van der Waals surface area contributed by atoms with Crippen molar-refractivity contribution in [3.63, 3.8) is 0 Å². The van der Waals surface area contributed by atoms with Gasteiger partial charge in [0.2, 0.25) is 0 Å². The van der Waals surface area contributed by atoms with E-state index in [1.54, 1.807) is 7.11 Å². The third kappa shape index (κ3) is 5.13. The molecule has 0 radical (unpaired) electrons. The zero-order chi connectivity index (χ0) is 18.4. The van der Waals surface area contributed by atoms with Crippen LogP contribution < -0.4 is 14.8 Å². The third-order valence-corrected chi connectivity index (χ3v) is 5.30. The molecule has 1 heterocycles. The minimum absolute atomic E-state index is 0.332. The van der Waals surface area contributed by atoms with Crippen molar-refractivity contribution in [2.45, 2.75) is 32.1 Å². The van der Waals surface area contributed by atoms with Gasteiger partial charge in [-0.2, -0.15) is 0 Å². The number of rotatable bonds is 8. The van der Waals surface area contributed by atoms with Gasteiger partial charge < -0.3 is 19.5 Å². The van der Waals surface area contributed by atoms with Crippen LogP contribution in [0.4, 0.5) is 0 Å². The standard InChI is InChI=1S/C20H23BrClNO3/c1-24-19-10-14(11-23-12-16-6-4-8-25-16)9-17(21)20(19)26-13-15-5-2-3-7-18(15)22/h2-3,5,7,9-10,16,23H,4,6,8,11-13H2,1H3/t16-/m1/s1. The number of ether oxygens (including phenoxy) is 3. The molecule has 6 heteroatoms. The van der Waals surface area contributed by atoms with Crippen molar-refractivity contribution >= 4 is 27.5 Å². The Morgan fingerprint density at radius 1 is 1.31 bits per heavy atom. The molecule has 1 N–H and O–H groups in total. The summed E-state index contributed by atoms with van der Waals surface area (Å²) in [5.41, 5.74) is 2.06. The van der Waals surface area contributed by atoms with Gasteiger partial charge in [-0.15, -0.1) is 0 Å². The molecule has 26 heavy (non-hydrogen) atoms. The van der Waals surface area contributed by atoms with E-state index in [1.807, 2.05) is 36.4 Å². The predicted molar refractivity (Wildman–Crippen MR) is 107 cm³/mol. The fourth-order valence-electron chi connectivity index (χ4n) is 2.96. The number of nitrogens with one attached hydrogen (secondary N) is 1. The van der Waals surface area contributed by atoms with E-state index in [0.717, 1.165) is 48.1 Å². The number of methoxy groups -OCH3 is 1. The van der Waals surface area contributed by atoms with E-state index >= 15 is 0 Å². The smallest absolute Gasteiger partial charge is 0.175 e. The highest BCUT2D eigenvalue weighted by Crippen LogP contribution is 2.37. The lowest BCUT2D eigenvalue weighted by Gasteiger charge is -2.16. The molecule has 1 aliphatic rings. The van der Waals surface area contributed by atoms with Crippen LogP contribution in [-0.2, 0) is 17.9 Å². The quantitative estimate of drug-likeness (QED) is 0.630. The fourth-order valence-corrected chi connectivity index (χ4v) is 3.76. The molecule has 1 saturated heterocycles. The number of benzene rings is 2. The van der Waals surface area contributed by atoms with Crippen LogP contribution in [-0.4, -0.2) is 26.4 Å². The maximum atomic E-state index is 6.20. The van der Waals surface area contributed by atoms with Crippen LogP contribution in [0.25, 0.3) is 0 Å². The van der Waals surface area contributed by atoms with E-state index in [4.69, 9.17) is 25.8 Å². The molecule has 0 unspecified atom stereocenters. The molecule has 2 aromatic carbocycles. The van der Waals surface area contributed by atoms with Crippen molar-refractivity contribution in [1.82, 2.24) is 5.32 Å². The van der Waals surface area contributed by atoms with Crippen molar-refractivity contribution in [2.24, 2.45) is 0 Å². The maximum Gasteiger partial charge on any atom is 0.175 e. The van der Waals surface area contributed by atoms with Crippen LogP contribution in [0.15, 0.2) is 40.9 Å². The monoisotopic (exact) mass is 439 g/mol. The van der Waals surface area contributed by atoms with Crippen molar-refractivity contribution in [1.29, 1.82) is 0 Å². The Labute approximate surface area is 167 Å². The largest absolute Gasteiger partial charge is 0.493 e. The SMILES string of the molecule is COc1cc(CNC[C@H]2CCCO2)cc(Br)c1OCc1ccccc1Cl. The summed E-state index contributed by atoms with van der Waals surface area (Å²) in [6, 6.07) is 11.7. The van der Waals surface area contributed by atoms with Gasteiger partial charge in [-0.25, -0.2) is 0 Å². The van der Waals surface area contributed by atoms with Crippen LogP contribution in [0.5, 0.6) is 11.5 Å². The highest BCUT2D eigenvalue weighted by atomic mass is 79.9. The summed E-state index contributed by atoms with van der Waals surface area (Å²) in [5, 5.41) is 4.14. The van der Waals surface area contributed by atoms with Crippen molar-refractivity contribution in [3.8, 4) is 11.5 Å². The normalized spacial score (nSPS) is 16.7. The molecule has 0 amide bonds. The molecule has 0 aromatic heterocycles. The molecule has 1 fully saturated rings. The third-order valence-electron chi connectivity index (χ3n) is 4.34. The number of halogens is 2. The van der Waals surface area contributed by atoms with Gasteiger partial charge in [0.1, 0.15) is 6.61 Å². The van der Waals surface area contributed by atoms with E-state index in [-0.39, 0.29) is 0 Å². The molecule has 3 rings (SSSR count). The van der Waals surface area contributed by atoms with E-state index in [0.29, 0.717) is 29.2 Å². The maximum absolute atomic E-state index is 6.20. The summed E-state index contributed by atoms with van der Waals surface area (Å²) in [6.07, 6.45) is 2.62. The molecule has 0 aliphatic carbocycles. The topological polar surface area (TPSA) is 39.7 Å². The molecule has 1 atom stereocenters. The highest BCUT2D eigenvalue weighted by molar-refractivity contribution is 9.10. The molecular formula is C20H23BrClNO3. The molecule has 4 nitrogen and oxygen atoms in total. The Balaban J connectivity index is 1.63. The summed E-state index contributed by atoms with van der Waals surface area (Å²) >= 11 is 9.80. The van der Waals surface area contributed by atoms with Gasteiger partial charge in [-0.1, -0.05) is 29.8 Å². The lowest BCUT2D eigenvalue weighted by atomic mass is 10.2. The van der Waals surface area contributed by atoms with Crippen molar-refractivity contribution < 1.29 is 14.2 Å². The Morgan fingerprint density at radius 3 is 2.88 bits per heavy atom. The van der Waals surface area contributed by atoms with Gasteiger partial charge in [0, 0.05) is 30.3 Å². The number of hydrogen-bond acceptors (Lipinski definition) is 4. The minimum Gasteiger partial charge on any atom is -0.493 e. The van der Waals surface area contributed by atoms with Crippen LogP contribution >= 0.6 is 27.5 Å². The van der Waals surface area contributed by atoms with E-state index in [9.17, 15) is 0 Å². The van der Waals surface area contributed by atoms with Crippen molar-refractivity contribution in [3.05, 3.63) is 57.0 Å². The second kappa shape index (κ2) is 9.60. The van der Waals surface area contributed by atoms with E-state index < -0.39 is 0 Å². The molecular weight excluding hydrogens is 418 g/mol. The first-order valence-corrected chi connectivity index (χ1v) is 9.89. The Bertz CT molecular complexity index is 735. The average molecular weight is 441 g/mol. The summed E-state index contributed by atoms with van der Waals surface area (Å²) in [5.74, 6) is 1.37. The van der Waals surface area contributed by atoms with Gasteiger partial charge in [0.05, 0.1) is 17.7 Å². The van der Waals surface area contributed by atoms with Crippen LogP contribution in [0, 0.1) is 0 Å². The van der Waals surface area contributed by atoms with Gasteiger partial charge in [0.15, 0.2) is 11.5 Å². The molecule has 0 spiro atoms. The summed E-state index contributed by atoms with van der Waals surface area (Å²) < 4.78 is 18.0. The lowest BCUT2D eigenvalue weighted by Crippen LogP contribution is -2.25. The van der Waals surface area contributed by atoms with Crippen LogP contribution in [0.3, 0.4) is 0 Å². The minimum atomic E-state index is 0.332. The summed E-state index contributed by atoms with van der Waals surface area (Å²) in [7, 11) is 1.65. The Morgan fingerprint density at radius 2 is 2.15 bits per heavy atom. The first kappa shape index (κ1) is 19.5. The summed E-state index contributed by atoms with van der Waals surface area (Å²) in [4.78, 5) is 0. The lowest BCUT2D eigenvalue weighted by molar-refractivity contribution is 0.110. The molecule has 0 bridgehead atoms. The molecule has 1 aliphatic heterocycles. The van der Waals surface area contributed by atoms with Gasteiger partial charge >= 0.3 is 0 Å². The fraction of sp³-hybridized carbons (Fsp3) is 0.400. The second-order valence-electron chi connectivity index (χ2n) is 6.26. The van der Waals surface area contributed by atoms with Gasteiger partial charge in [-0.3, -0.25) is 0 Å². The molecule has 140 valence electrons. The van der Waals surface area contributed by atoms with E-state index in [2.05, 4.69) is 21.2 Å². The second-order valence-corrected chi connectivity index (χ2v) is 7.52. The first-order chi connectivity index (χ1) is 12.7. The number of hydrogen-bond donors (Lipinski definition) is 1. The zero-order valence-corrected chi connectivity index (χ0v) is 17.1. The van der Waals surface area contributed by atoms with Crippen molar-refractivity contribution in [2.75, 3.05) is 20.3 Å². The van der Waals surface area contributed by atoms with E-state index in [1.165, 1.54) is 0 Å². The highest BCUT2D eigenvalue weighted by Gasteiger charge is 2.16. The van der Waals surface area contributed by atoms with Gasteiger partial charge in [-0.05, 0) is 52.5 Å². The molecule has 0 saturated carbocycles. The first-order valence-electron chi connectivity index (χ1n) is 8.72. The molecule has 2 aromatic rings. The predicted octanol–water partition coefficient (Wildman–Crippen LogP) is 4.96. The summed E-state index contributed by atoms with van der Waals surface area (Å²) in [6.45, 7) is 2.87. The Kier molecular flexibility index (Phi) is 7.20. The zero-order valence-electron chi connectivity index (χ0n) is 14.8.